The molecule has 0 saturated carbocycles. The highest BCUT2D eigenvalue weighted by atomic mass is 32.2. The molecule has 0 saturated heterocycles. The van der Waals surface area contributed by atoms with Crippen LogP contribution in [-0.2, 0) is 0 Å². The topological polar surface area (TPSA) is 0 Å². The maximum absolute atomic E-state index is 4.39. The Morgan fingerprint density at radius 1 is 0.889 bits per heavy atom. The van der Waals surface area contributed by atoms with E-state index in [-0.39, 0.29) is 0 Å². The molecule has 0 aliphatic carbocycles. The Morgan fingerprint density at radius 3 is 2.37 bits per heavy atom. The number of aryl methyl sites for hydroxylation is 1. The van der Waals surface area contributed by atoms with Crippen molar-refractivity contribution in [3.63, 3.8) is 0 Å². The van der Waals surface area contributed by atoms with E-state index in [9.17, 15) is 0 Å². The van der Waals surface area contributed by atoms with E-state index in [0.29, 0.717) is 0 Å². The minimum absolute atomic E-state index is 1.07. The van der Waals surface area contributed by atoms with E-state index in [1.54, 1.807) is 11.8 Å². The van der Waals surface area contributed by atoms with Crippen molar-refractivity contribution in [1.29, 1.82) is 0 Å². The summed E-state index contributed by atoms with van der Waals surface area (Å²) in [5.74, 6) is 0. The van der Waals surface area contributed by atoms with Gasteiger partial charge in [0.05, 0.1) is 0 Å². The molecule has 0 atom stereocenters. The molecule has 2 heteroatoms. The summed E-state index contributed by atoms with van der Waals surface area (Å²) in [4.78, 5) is 4.94. The summed E-state index contributed by atoms with van der Waals surface area (Å²) in [5.41, 5.74) is 3.59. The van der Waals surface area contributed by atoms with Gasteiger partial charge in [-0.05, 0) is 66.2 Å². The summed E-state index contributed by atoms with van der Waals surface area (Å²) < 4.78 is 0. The molecule has 4 rings (SSSR count). The monoisotopic (exact) mass is 386 g/mol. The second kappa shape index (κ2) is 7.10. The lowest BCUT2D eigenvalue weighted by Crippen LogP contribution is -2.24. The molecule has 1 aliphatic rings. The van der Waals surface area contributed by atoms with Crippen molar-refractivity contribution in [1.82, 2.24) is 0 Å². The van der Waals surface area contributed by atoms with Gasteiger partial charge >= 0.3 is 0 Å². The summed E-state index contributed by atoms with van der Waals surface area (Å²) in [6.45, 7) is 14.7. The molecule has 27 heavy (non-hydrogen) atoms. The number of benzene rings is 3. The van der Waals surface area contributed by atoms with E-state index in [4.69, 9.17) is 0 Å². The van der Waals surface area contributed by atoms with E-state index >= 15 is 0 Å². The fraction of sp³-hybridized carbons (Fsp3) is 0.120. The van der Waals surface area contributed by atoms with Crippen LogP contribution in [0.1, 0.15) is 25.0 Å². The fourth-order valence-electron chi connectivity index (χ4n) is 3.40. The Kier molecular flexibility index (Phi) is 4.79. The normalized spacial score (nSPS) is 14.9. The van der Waals surface area contributed by atoms with Crippen LogP contribution in [0, 0.1) is 6.92 Å². The van der Waals surface area contributed by atoms with Crippen LogP contribution in [0.2, 0.25) is 0 Å². The van der Waals surface area contributed by atoms with Crippen LogP contribution >= 0.6 is 23.5 Å². The Labute approximate surface area is 169 Å². The van der Waals surface area contributed by atoms with Crippen LogP contribution < -0.4 is 10.4 Å². The first-order valence-electron chi connectivity index (χ1n) is 9.01. The van der Waals surface area contributed by atoms with E-state index in [0.717, 1.165) is 10.5 Å². The Bertz CT molecular complexity index is 1230. The fourth-order valence-corrected chi connectivity index (χ4v) is 5.66. The second-order valence-electron chi connectivity index (χ2n) is 7.03. The van der Waals surface area contributed by atoms with Crippen molar-refractivity contribution >= 4 is 51.4 Å². The molecule has 3 aromatic carbocycles. The van der Waals surface area contributed by atoms with Crippen LogP contribution in [0.3, 0.4) is 0 Å². The summed E-state index contributed by atoms with van der Waals surface area (Å²) in [6.07, 6.45) is 4.32. The number of thioether (sulfide) groups is 1. The zero-order valence-corrected chi connectivity index (χ0v) is 17.6. The standard InChI is InChI=1S/C25H22S2/c1-6-18-12-24-25(14-20(18)9-15(2)3)27-23-13-19-8-7-16(4)10-21(19)11-22(23)17(5)26-24/h6-14H,2,5H2,1,3-4H3/b18-6-,20-9-. The predicted octanol–water partition coefficient (Wildman–Crippen LogP) is 6.53. The van der Waals surface area contributed by atoms with Crippen molar-refractivity contribution in [3.05, 3.63) is 82.8 Å². The highest BCUT2D eigenvalue weighted by Crippen LogP contribution is 2.48. The van der Waals surface area contributed by atoms with Gasteiger partial charge in [-0.25, -0.2) is 0 Å². The van der Waals surface area contributed by atoms with Gasteiger partial charge in [-0.2, -0.15) is 0 Å². The largest absolute Gasteiger partial charge is 0.0961 e. The first-order valence-corrected chi connectivity index (χ1v) is 10.6. The van der Waals surface area contributed by atoms with Gasteiger partial charge in [-0.1, -0.05) is 78.2 Å². The van der Waals surface area contributed by atoms with Gasteiger partial charge < -0.3 is 0 Å². The lowest BCUT2D eigenvalue weighted by Gasteiger charge is -2.09. The van der Waals surface area contributed by atoms with Crippen LogP contribution in [0.5, 0.6) is 0 Å². The predicted molar refractivity (Wildman–Crippen MR) is 123 cm³/mol. The zero-order chi connectivity index (χ0) is 19.1. The third-order valence-electron chi connectivity index (χ3n) is 4.71. The molecule has 0 unspecified atom stereocenters. The third kappa shape index (κ3) is 3.52. The molecule has 0 fully saturated rings. The summed E-state index contributed by atoms with van der Waals surface area (Å²) in [7, 11) is 0. The Morgan fingerprint density at radius 2 is 1.63 bits per heavy atom. The van der Waals surface area contributed by atoms with Gasteiger partial charge in [-0.3, -0.25) is 0 Å². The van der Waals surface area contributed by atoms with E-state index in [2.05, 4.69) is 81.6 Å². The average molecular weight is 387 g/mol. The highest BCUT2D eigenvalue weighted by Gasteiger charge is 2.18. The quantitative estimate of drug-likeness (QED) is 0.466. The molecule has 1 heterocycles. The maximum atomic E-state index is 4.39. The number of allylic oxidation sites excluding steroid dienone is 1. The van der Waals surface area contributed by atoms with Crippen molar-refractivity contribution in [3.8, 4) is 0 Å². The van der Waals surface area contributed by atoms with Crippen LogP contribution in [0.15, 0.2) is 75.9 Å². The summed E-state index contributed by atoms with van der Waals surface area (Å²) >= 11 is 3.61. The van der Waals surface area contributed by atoms with Crippen LogP contribution in [0.4, 0.5) is 0 Å². The molecule has 0 bridgehead atoms. The Balaban J connectivity index is 1.94. The first-order chi connectivity index (χ1) is 12.9. The summed E-state index contributed by atoms with van der Waals surface area (Å²) in [6, 6.07) is 15.8. The Hall–Kier alpha value is -2.16. The minimum atomic E-state index is 1.07. The second-order valence-corrected chi connectivity index (χ2v) is 9.25. The lowest BCUT2D eigenvalue weighted by atomic mass is 10.0. The van der Waals surface area contributed by atoms with E-state index in [1.165, 1.54) is 47.0 Å². The van der Waals surface area contributed by atoms with E-state index in [1.807, 2.05) is 18.7 Å². The van der Waals surface area contributed by atoms with Gasteiger partial charge in [0.25, 0.3) is 0 Å². The number of fused-ring (bicyclic) bond motifs is 3. The molecule has 134 valence electrons. The van der Waals surface area contributed by atoms with Gasteiger partial charge in [0.15, 0.2) is 0 Å². The molecule has 0 nitrogen and oxygen atoms in total. The molecular formula is C25H22S2. The first kappa shape index (κ1) is 18.2. The maximum Gasteiger partial charge on any atom is 0.0268 e. The molecule has 0 radical (unpaired) electrons. The van der Waals surface area contributed by atoms with Crippen molar-refractivity contribution in [2.24, 2.45) is 0 Å². The van der Waals surface area contributed by atoms with Gasteiger partial charge in [-0.15, -0.1) is 0 Å². The number of hydrogen-bond donors (Lipinski definition) is 0. The van der Waals surface area contributed by atoms with Crippen molar-refractivity contribution in [2.75, 3.05) is 0 Å². The van der Waals surface area contributed by atoms with Crippen molar-refractivity contribution < 1.29 is 0 Å². The average Bonchev–Trinajstić information content (AvgIpc) is 2.74. The number of hydrogen-bond acceptors (Lipinski definition) is 2. The molecule has 0 spiro atoms. The zero-order valence-electron chi connectivity index (χ0n) is 15.9. The van der Waals surface area contributed by atoms with Crippen molar-refractivity contribution in [2.45, 2.75) is 35.5 Å². The lowest BCUT2D eigenvalue weighted by molar-refractivity contribution is 1.21. The third-order valence-corrected chi connectivity index (χ3v) is 6.98. The molecule has 3 aromatic rings. The van der Waals surface area contributed by atoms with E-state index < -0.39 is 0 Å². The molecule has 1 aliphatic heterocycles. The molecular weight excluding hydrogens is 364 g/mol. The van der Waals surface area contributed by atoms with Crippen LogP contribution in [-0.4, -0.2) is 0 Å². The minimum Gasteiger partial charge on any atom is -0.0961 e. The van der Waals surface area contributed by atoms with Crippen LogP contribution in [0.25, 0.3) is 27.8 Å². The smallest absolute Gasteiger partial charge is 0.0268 e. The molecule has 0 N–H and O–H groups in total. The number of rotatable bonds is 1. The molecule has 0 aromatic heterocycles. The highest BCUT2D eigenvalue weighted by molar-refractivity contribution is 8.09. The SMILES string of the molecule is C=C(C)/C=c1/cc2c(c/c1=C/C)SC(=C)c1cc3cc(C)ccc3cc1S2. The van der Waals surface area contributed by atoms with Gasteiger partial charge in [0, 0.05) is 25.2 Å². The van der Waals surface area contributed by atoms with Gasteiger partial charge in [0.1, 0.15) is 0 Å². The molecule has 0 amide bonds. The van der Waals surface area contributed by atoms with Gasteiger partial charge in [0.2, 0.25) is 0 Å². The summed E-state index contributed by atoms with van der Waals surface area (Å²) in [5, 5.41) is 5.02.